The van der Waals surface area contributed by atoms with Crippen LogP contribution in [0.4, 0.5) is 10.5 Å². The van der Waals surface area contributed by atoms with E-state index in [1.807, 2.05) is 29.2 Å². The van der Waals surface area contributed by atoms with E-state index in [1.54, 1.807) is 24.3 Å². The monoisotopic (exact) mass is 363 g/mol. The molecule has 0 spiro atoms. The van der Waals surface area contributed by atoms with Gasteiger partial charge in [-0.1, -0.05) is 42.5 Å². The van der Waals surface area contributed by atoms with Crippen molar-refractivity contribution in [1.82, 2.24) is 10.2 Å². The first-order chi connectivity index (χ1) is 13.1. The number of urea groups is 1. The quantitative estimate of drug-likeness (QED) is 0.849. The smallest absolute Gasteiger partial charge is 0.329 e. The molecule has 1 atom stereocenters. The zero-order chi connectivity index (χ0) is 18.8. The van der Waals surface area contributed by atoms with Crippen molar-refractivity contribution in [1.29, 1.82) is 0 Å². The van der Waals surface area contributed by atoms with E-state index in [1.165, 1.54) is 11.1 Å². The van der Waals surface area contributed by atoms with Gasteiger partial charge in [-0.2, -0.15) is 0 Å². The van der Waals surface area contributed by atoms with E-state index in [-0.39, 0.29) is 18.2 Å². The molecule has 0 unspecified atom stereocenters. The predicted octanol–water partition coefficient (Wildman–Crippen LogP) is 2.48. The van der Waals surface area contributed by atoms with E-state index in [0.717, 1.165) is 11.3 Å². The van der Waals surface area contributed by atoms with Crippen molar-refractivity contribution in [2.45, 2.75) is 31.8 Å². The number of hydrogen-bond donors (Lipinski definition) is 1. The van der Waals surface area contributed by atoms with E-state index in [4.69, 9.17) is 0 Å². The molecule has 0 saturated carbocycles. The molecule has 6 nitrogen and oxygen atoms in total. The van der Waals surface area contributed by atoms with Crippen LogP contribution in [0.5, 0.6) is 0 Å². The Bertz CT molecular complexity index is 881. The fourth-order valence-corrected chi connectivity index (χ4v) is 3.68. The molecule has 2 aromatic carbocycles. The van der Waals surface area contributed by atoms with E-state index >= 15 is 0 Å². The third-order valence-electron chi connectivity index (χ3n) is 5.16. The molecule has 2 heterocycles. The van der Waals surface area contributed by atoms with Gasteiger partial charge in [0, 0.05) is 19.5 Å². The fraction of sp³-hybridized carbons (Fsp3) is 0.286. The van der Waals surface area contributed by atoms with E-state index in [2.05, 4.69) is 11.4 Å². The molecule has 1 fully saturated rings. The number of hydrogen-bond acceptors (Lipinski definition) is 3. The zero-order valence-electron chi connectivity index (χ0n) is 14.9. The molecule has 6 heteroatoms. The maximum atomic E-state index is 12.6. The molecule has 2 aliphatic heterocycles. The number of nitrogens with one attached hydrogen (secondary N) is 1. The summed E-state index contributed by atoms with van der Waals surface area (Å²) in [5, 5.41) is 2.69. The molecule has 138 valence electrons. The van der Waals surface area contributed by atoms with Gasteiger partial charge >= 0.3 is 6.03 Å². The lowest BCUT2D eigenvalue weighted by Gasteiger charge is -2.29. The SMILES string of the molecule is O=C(CC[C@@H]1NC(=O)N(c2ccccc2)C1=O)N1CCc2ccccc2C1. The molecule has 0 bridgehead atoms. The van der Waals surface area contributed by atoms with Crippen molar-refractivity contribution in [2.24, 2.45) is 0 Å². The highest BCUT2D eigenvalue weighted by atomic mass is 16.2. The van der Waals surface area contributed by atoms with Gasteiger partial charge in [-0.05, 0) is 36.1 Å². The van der Waals surface area contributed by atoms with Crippen molar-refractivity contribution in [3.8, 4) is 0 Å². The lowest BCUT2D eigenvalue weighted by atomic mass is 9.99. The van der Waals surface area contributed by atoms with Crippen LogP contribution in [0.1, 0.15) is 24.0 Å². The second-order valence-corrected chi connectivity index (χ2v) is 6.88. The third-order valence-corrected chi connectivity index (χ3v) is 5.16. The molecule has 1 saturated heterocycles. The molecule has 0 radical (unpaired) electrons. The normalized spacial score (nSPS) is 19.0. The highest BCUT2D eigenvalue weighted by Gasteiger charge is 2.39. The lowest BCUT2D eigenvalue weighted by Crippen LogP contribution is -2.37. The van der Waals surface area contributed by atoms with E-state index in [0.29, 0.717) is 25.2 Å². The highest BCUT2D eigenvalue weighted by Crippen LogP contribution is 2.22. The van der Waals surface area contributed by atoms with E-state index < -0.39 is 12.1 Å². The fourth-order valence-electron chi connectivity index (χ4n) is 3.68. The minimum absolute atomic E-state index is 0.0183. The number of para-hydroxylation sites is 1. The van der Waals surface area contributed by atoms with Gasteiger partial charge in [0.2, 0.25) is 5.91 Å². The largest absolute Gasteiger partial charge is 0.338 e. The van der Waals surface area contributed by atoms with Crippen LogP contribution in [0, 0.1) is 0 Å². The summed E-state index contributed by atoms with van der Waals surface area (Å²) in [5.41, 5.74) is 3.01. The summed E-state index contributed by atoms with van der Waals surface area (Å²) in [4.78, 5) is 40.3. The number of amides is 4. The average molecular weight is 363 g/mol. The molecule has 4 amide bonds. The number of carbonyl (C=O) groups is 3. The van der Waals surface area contributed by atoms with Crippen molar-refractivity contribution in [3.63, 3.8) is 0 Å². The molecule has 4 rings (SSSR count). The molecule has 0 aliphatic carbocycles. The minimum atomic E-state index is -0.654. The van der Waals surface area contributed by atoms with Crippen LogP contribution in [0.3, 0.4) is 0 Å². The summed E-state index contributed by atoms with van der Waals surface area (Å²) in [6.45, 7) is 1.30. The summed E-state index contributed by atoms with van der Waals surface area (Å²) >= 11 is 0. The molecule has 27 heavy (non-hydrogen) atoms. The van der Waals surface area contributed by atoms with Gasteiger partial charge in [-0.15, -0.1) is 0 Å². The summed E-state index contributed by atoms with van der Waals surface area (Å²) in [6.07, 6.45) is 1.40. The first-order valence-electron chi connectivity index (χ1n) is 9.17. The molecular weight excluding hydrogens is 342 g/mol. The van der Waals surface area contributed by atoms with Crippen LogP contribution in [0.2, 0.25) is 0 Å². The Hall–Kier alpha value is -3.15. The van der Waals surface area contributed by atoms with Gasteiger partial charge in [0.15, 0.2) is 0 Å². The topological polar surface area (TPSA) is 69.7 Å². The Morgan fingerprint density at radius 2 is 1.70 bits per heavy atom. The minimum Gasteiger partial charge on any atom is -0.338 e. The van der Waals surface area contributed by atoms with Gasteiger partial charge in [0.1, 0.15) is 6.04 Å². The molecular formula is C21H21N3O3. The molecule has 2 aliphatic rings. The van der Waals surface area contributed by atoms with Crippen LogP contribution in [0.25, 0.3) is 0 Å². The van der Waals surface area contributed by atoms with Crippen molar-refractivity contribution in [2.75, 3.05) is 11.4 Å². The molecule has 1 N–H and O–H groups in total. The maximum Gasteiger partial charge on any atom is 0.329 e. The van der Waals surface area contributed by atoms with Crippen LogP contribution in [0.15, 0.2) is 54.6 Å². The van der Waals surface area contributed by atoms with Crippen molar-refractivity contribution >= 4 is 23.5 Å². The van der Waals surface area contributed by atoms with Gasteiger partial charge in [-0.3, -0.25) is 9.59 Å². The number of nitrogens with zero attached hydrogens (tertiary/aromatic N) is 2. The summed E-state index contributed by atoms with van der Waals surface area (Å²) in [5.74, 6) is -0.285. The number of rotatable bonds is 4. The number of benzene rings is 2. The number of anilines is 1. The number of fused-ring (bicyclic) bond motifs is 1. The second-order valence-electron chi connectivity index (χ2n) is 6.88. The third kappa shape index (κ3) is 3.43. The van der Waals surface area contributed by atoms with Crippen molar-refractivity contribution in [3.05, 3.63) is 65.7 Å². The van der Waals surface area contributed by atoms with Crippen LogP contribution < -0.4 is 10.2 Å². The Morgan fingerprint density at radius 3 is 2.48 bits per heavy atom. The summed E-state index contributed by atoms with van der Waals surface area (Å²) in [7, 11) is 0. The molecule has 2 aromatic rings. The number of carbonyl (C=O) groups excluding carboxylic acids is 3. The predicted molar refractivity (Wildman–Crippen MR) is 101 cm³/mol. The molecule has 0 aromatic heterocycles. The average Bonchev–Trinajstić information content (AvgIpc) is 2.99. The van der Waals surface area contributed by atoms with Crippen LogP contribution in [-0.2, 0) is 22.6 Å². The highest BCUT2D eigenvalue weighted by molar-refractivity contribution is 6.21. The van der Waals surface area contributed by atoms with E-state index in [9.17, 15) is 14.4 Å². The van der Waals surface area contributed by atoms with Gasteiger partial charge in [-0.25, -0.2) is 9.69 Å². The van der Waals surface area contributed by atoms with Crippen LogP contribution in [-0.4, -0.2) is 35.3 Å². The standard InChI is InChI=1S/C21H21N3O3/c25-19(23-13-12-15-6-4-5-7-16(15)14-23)11-10-18-20(26)24(21(27)22-18)17-8-2-1-3-9-17/h1-9,18H,10-14H2,(H,22,27)/t18-/m0/s1. The summed E-state index contributed by atoms with van der Waals surface area (Å²) < 4.78 is 0. The first kappa shape index (κ1) is 17.3. The lowest BCUT2D eigenvalue weighted by molar-refractivity contribution is -0.132. The number of imide groups is 1. The Labute approximate surface area is 157 Å². The Balaban J connectivity index is 1.36. The zero-order valence-corrected chi connectivity index (χ0v) is 14.9. The van der Waals surface area contributed by atoms with Crippen molar-refractivity contribution < 1.29 is 14.4 Å². The second kappa shape index (κ2) is 7.23. The Morgan fingerprint density at radius 1 is 1.00 bits per heavy atom. The maximum absolute atomic E-state index is 12.6. The summed E-state index contributed by atoms with van der Waals surface area (Å²) in [6, 6.07) is 15.9. The van der Waals surface area contributed by atoms with Gasteiger partial charge in [0.25, 0.3) is 5.91 Å². The van der Waals surface area contributed by atoms with Gasteiger partial charge in [0.05, 0.1) is 5.69 Å². The van der Waals surface area contributed by atoms with Gasteiger partial charge < -0.3 is 10.2 Å². The van der Waals surface area contributed by atoms with Crippen LogP contribution >= 0.6 is 0 Å². The first-order valence-corrected chi connectivity index (χ1v) is 9.17. The Kier molecular flexibility index (Phi) is 4.62.